The molecule has 0 aliphatic heterocycles. The Kier molecular flexibility index (Phi) is 4.83. The van der Waals surface area contributed by atoms with E-state index < -0.39 is 9.84 Å². The summed E-state index contributed by atoms with van der Waals surface area (Å²) in [6.07, 6.45) is 4.79. The fourth-order valence-corrected chi connectivity index (χ4v) is 4.34. The minimum absolute atomic E-state index is 0.0279. The molecule has 1 aliphatic carbocycles. The van der Waals surface area contributed by atoms with Crippen molar-refractivity contribution in [3.05, 3.63) is 35.4 Å². The summed E-state index contributed by atoms with van der Waals surface area (Å²) >= 11 is 0. The highest BCUT2D eigenvalue weighted by Gasteiger charge is 2.33. The molecular formula is C15H24N2O2S. The molecule has 0 aromatic heterocycles. The maximum Gasteiger partial charge on any atom is 0.150 e. The number of benzene rings is 1. The molecule has 1 fully saturated rings. The van der Waals surface area contributed by atoms with Crippen molar-refractivity contribution in [2.75, 3.05) is 6.26 Å². The summed E-state index contributed by atoms with van der Waals surface area (Å²) in [6, 6.07) is 8.31. The first-order valence-electron chi connectivity index (χ1n) is 7.13. The van der Waals surface area contributed by atoms with E-state index in [2.05, 4.69) is 36.6 Å². The van der Waals surface area contributed by atoms with E-state index in [0.29, 0.717) is 6.42 Å². The normalized spacial score (nSPS) is 25.4. The van der Waals surface area contributed by atoms with E-state index in [1.165, 1.54) is 11.8 Å². The number of nitrogens with one attached hydrogen (secondary N) is 1. The van der Waals surface area contributed by atoms with Gasteiger partial charge in [0.15, 0.2) is 0 Å². The summed E-state index contributed by atoms with van der Waals surface area (Å²) in [5.41, 5.74) is 5.23. The molecule has 0 bridgehead atoms. The minimum Gasteiger partial charge on any atom is -0.271 e. The Morgan fingerprint density at radius 3 is 2.45 bits per heavy atom. The van der Waals surface area contributed by atoms with Crippen molar-refractivity contribution in [1.82, 2.24) is 5.43 Å². The summed E-state index contributed by atoms with van der Waals surface area (Å²) in [7, 11) is -2.96. The number of hydrogen-bond acceptors (Lipinski definition) is 4. The minimum atomic E-state index is -2.96. The zero-order valence-corrected chi connectivity index (χ0v) is 13.0. The zero-order chi connectivity index (χ0) is 14.8. The van der Waals surface area contributed by atoms with Gasteiger partial charge in [0.05, 0.1) is 5.25 Å². The second-order valence-corrected chi connectivity index (χ2v) is 8.26. The lowest BCUT2D eigenvalue weighted by atomic mass is 9.81. The van der Waals surface area contributed by atoms with E-state index in [-0.39, 0.29) is 17.2 Å². The van der Waals surface area contributed by atoms with Crippen LogP contribution in [0.1, 0.15) is 42.9 Å². The third-order valence-corrected chi connectivity index (χ3v) is 6.00. The van der Waals surface area contributed by atoms with Gasteiger partial charge in [0.2, 0.25) is 0 Å². The molecule has 20 heavy (non-hydrogen) atoms. The number of nitrogens with two attached hydrogens (primary N) is 1. The molecule has 0 amide bonds. The van der Waals surface area contributed by atoms with E-state index in [0.717, 1.165) is 24.8 Å². The maximum absolute atomic E-state index is 11.8. The van der Waals surface area contributed by atoms with Crippen LogP contribution in [0.15, 0.2) is 24.3 Å². The fraction of sp³-hybridized carbons (Fsp3) is 0.600. The van der Waals surface area contributed by atoms with E-state index in [4.69, 9.17) is 5.84 Å². The monoisotopic (exact) mass is 296 g/mol. The summed E-state index contributed by atoms with van der Waals surface area (Å²) in [5, 5.41) is -0.220. The van der Waals surface area contributed by atoms with Gasteiger partial charge in [0.1, 0.15) is 9.84 Å². The highest BCUT2D eigenvalue weighted by atomic mass is 32.2. The highest BCUT2D eigenvalue weighted by Crippen LogP contribution is 2.36. The molecular weight excluding hydrogens is 272 g/mol. The Balaban J connectivity index is 2.17. The lowest BCUT2D eigenvalue weighted by Crippen LogP contribution is -2.38. The standard InChI is InChI=1S/C15H24N2O2S/c1-11-6-8-12(9-7-11)15(17-16)13-4-3-5-14(10-13)20(2,18)19/h6-9,13-15,17H,3-5,10,16H2,1-2H3. The van der Waals surface area contributed by atoms with Crippen LogP contribution in [0.25, 0.3) is 0 Å². The van der Waals surface area contributed by atoms with Crippen molar-refractivity contribution < 1.29 is 8.42 Å². The van der Waals surface area contributed by atoms with Gasteiger partial charge in [0.25, 0.3) is 0 Å². The molecule has 3 N–H and O–H groups in total. The second kappa shape index (κ2) is 6.24. The van der Waals surface area contributed by atoms with E-state index in [1.807, 2.05) is 0 Å². The molecule has 4 nitrogen and oxygen atoms in total. The van der Waals surface area contributed by atoms with Crippen molar-refractivity contribution in [2.24, 2.45) is 11.8 Å². The van der Waals surface area contributed by atoms with Crippen LogP contribution in [0.2, 0.25) is 0 Å². The van der Waals surface area contributed by atoms with Crippen LogP contribution in [-0.2, 0) is 9.84 Å². The smallest absolute Gasteiger partial charge is 0.150 e. The molecule has 3 unspecified atom stereocenters. The van der Waals surface area contributed by atoms with Crippen molar-refractivity contribution in [3.63, 3.8) is 0 Å². The molecule has 0 radical (unpaired) electrons. The van der Waals surface area contributed by atoms with E-state index in [1.54, 1.807) is 0 Å². The topological polar surface area (TPSA) is 72.2 Å². The van der Waals surface area contributed by atoms with Crippen molar-refractivity contribution in [2.45, 2.75) is 43.9 Å². The van der Waals surface area contributed by atoms with Gasteiger partial charge < -0.3 is 0 Å². The Hall–Kier alpha value is -0.910. The first kappa shape index (κ1) is 15.5. The van der Waals surface area contributed by atoms with Crippen LogP contribution in [-0.4, -0.2) is 19.9 Å². The quantitative estimate of drug-likeness (QED) is 0.659. The average molecular weight is 296 g/mol. The van der Waals surface area contributed by atoms with Gasteiger partial charge in [0, 0.05) is 12.3 Å². The fourth-order valence-electron chi connectivity index (χ4n) is 3.15. The first-order chi connectivity index (χ1) is 9.41. The SMILES string of the molecule is Cc1ccc(C(NN)C2CCCC(S(C)(=O)=O)C2)cc1. The lowest BCUT2D eigenvalue weighted by molar-refractivity contribution is 0.274. The van der Waals surface area contributed by atoms with Gasteiger partial charge in [-0.1, -0.05) is 36.2 Å². The van der Waals surface area contributed by atoms with E-state index in [9.17, 15) is 8.42 Å². The van der Waals surface area contributed by atoms with Crippen LogP contribution in [0.4, 0.5) is 0 Å². The molecule has 0 spiro atoms. The second-order valence-electron chi connectivity index (χ2n) is 5.93. The van der Waals surface area contributed by atoms with Gasteiger partial charge in [-0.15, -0.1) is 0 Å². The van der Waals surface area contributed by atoms with Gasteiger partial charge in [-0.05, 0) is 37.7 Å². The van der Waals surface area contributed by atoms with Gasteiger partial charge in [-0.25, -0.2) is 8.42 Å². The summed E-state index contributed by atoms with van der Waals surface area (Å²) < 4.78 is 23.5. The number of hydrogen-bond donors (Lipinski definition) is 2. The molecule has 1 aromatic carbocycles. The lowest BCUT2D eigenvalue weighted by Gasteiger charge is -2.33. The van der Waals surface area contributed by atoms with Crippen molar-refractivity contribution in [1.29, 1.82) is 0 Å². The molecule has 0 saturated heterocycles. The number of hydrazine groups is 1. The Morgan fingerprint density at radius 2 is 1.90 bits per heavy atom. The predicted molar refractivity (Wildman–Crippen MR) is 81.8 cm³/mol. The van der Waals surface area contributed by atoms with Gasteiger partial charge >= 0.3 is 0 Å². The van der Waals surface area contributed by atoms with Crippen LogP contribution < -0.4 is 11.3 Å². The third kappa shape index (κ3) is 3.59. The van der Waals surface area contributed by atoms with Crippen molar-refractivity contribution >= 4 is 9.84 Å². The van der Waals surface area contributed by atoms with Gasteiger partial charge in [-0.3, -0.25) is 11.3 Å². The molecule has 1 saturated carbocycles. The third-order valence-electron chi connectivity index (χ3n) is 4.36. The van der Waals surface area contributed by atoms with Gasteiger partial charge in [-0.2, -0.15) is 0 Å². The van der Waals surface area contributed by atoms with E-state index >= 15 is 0 Å². The Labute approximate surface area is 121 Å². The molecule has 1 aliphatic rings. The van der Waals surface area contributed by atoms with Crippen LogP contribution in [0.5, 0.6) is 0 Å². The van der Waals surface area contributed by atoms with Crippen molar-refractivity contribution in [3.8, 4) is 0 Å². The average Bonchev–Trinajstić information content (AvgIpc) is 2.41. The number of rotatable bonds is 4. The molecule has 1 aromatic rings. The molecule has 2 rings (SSSR count). The number of aryl methyl sites for hydroxylation is 1. The molecule has 5 heteroatoms. The summed E-state index contributed by atoms with van der Waals surface area (Å²) in [6.45, 7) is 2.05. The molecule has 3 atom stereocenters. The summed E-state index contributed by atoms with van der Waals surface area (Å²) in [4.78, 5) is 0. The largest absolute Gasteiger partial charge is 0.271 e. The highest BCUT2D eigenvalue weighted by molar-refractivity contribution is 7.91. The van der Waals surface area contributed by atoms with Crippen LogP contribution in [0, 0.1) is 12.8 Å². The molecule has 112 valence electrons. The Morgan fingerprint density at radius 1 is 1.25 bits per heavy atom. The van der Waals surface area contributed by atoms with Crippen LogP contribution in [0.3, 0.4) is 0 Å². The maximum atomic E-state index is 11.8. The van der Waals surface area contributed by atoms with Crippen LogP contribution >= 0.6 is 0 Å². The first-order valence-corrected chi connectivity index (χ1v) is 9.09. The Bertz CT molecular complexity index is 539. The zero-order valence-electron chi connectivity index (χ0n) is 12.2. The molecule has 0 heterocycles. The predicted octanol–water partition coefficient (Wildman–Crippen LogP) is 2.10. The summed E-state index contributed by atoms with van der Waals surface area (Å²) in [5.74, 6) is 6.00. The number of sulfone groups is 1.